The quantitative estimate of drug-likeness (QED) is 0.652. The molecule has 3 rings (SSSR count). The van der Waals surface area contributed by atoms with Crippen LogP contribution in [0.15, 0.2) is 45.6 Å². The first-order valence-electron chi connectivity index (χ1n) is 8.30. The topological polar surface area (TPSA) is 79.5 Å². The van der Waals surface area contributed by atoms with Gasteiger partial charge >= 0.3 is 11.8 Å². The molecular formula is C20H16F3NO4. The molecule has 0 aliphatic rings. The average molecular weight is 391 g/mol. The summed E-state index contributed by atoms with van der Waals surface area (Å²) in [5.74, 6) is -0.918. The van der Waals surface area contributed by atoms with Gasteiger partial charge in [0.15, 0.2) is 0 Å². The van der Waals surface area contributed by atoms with Gasteiger partial charge in [0.1, 0.15) is 11.3 Å². The number of rotatable bonds is 3. The predicted molar refractivity (Wildman–Crippen MR) is 97.4 cm³/mol. The Balaban J connectivity index is 1.96. The van der Waals surface area contributed by atoms with Crippen LogP contribution in [0.3, 0.4) is 0 Å². The highest BCUT2D eigenvalue weighted by molar-refractivity contribution is 5.95. The highest BCUT2D eigenvalue weighted by Gasteiger charge is 2.33. The van der Waals surface area contributed by atoms with Crippen LogP contribution in [-0.2, 0) is 17.4 Å². The fourth-order valence-corrected chi connectivity index (χ4v) is 3.06. The van der Waals surface area contributed by atoms with E-state index < -0.39 is 35.4 Å². The number of alkyl halides is 3. The largest absolute Gasteiger partial charge is 0.507 e. The molecule has 0 atom stereocenters. The third-order valence-electron chi connectivity index (χ3n) is 4.35. The Morgan fingerprint density at radius 2 is 1.86 bits per heavy atom. The highest BCUT2D eigenvalue weighted by Crippen LogP contribution is 2.35. The molecule has 0 fully saturated rings. The van der Waals surface area contributed by atoms with Crippen molar-refractivity contribution >= 4 is 22.6 Å². The fraction of sp³-hybridized carbons (Fsp3) is 0.200. The maximum atomic E-state index is 13.1. The number of phenols is 1. The number of phenolic OH excluding ortho intramolecular Hbond substituents is 1. The average Bonchev–Trinajstić information content (AvgIpc) is 2.57. The van der Waals surface area contributed by atoms with E-state index in [1.165, 1.54) is 18.2 Å². The number of para-hydroxylation sites is 1. The number of nitrogens with one attached hydrogen (secondary N) is 1. The molecule has 2 aromatic carbocycles. The lowest BCUT2D eigenvalue weighted by atomic mass is 10.0. The number of aromatic hydroxyl groups is 1. The van der Waals surface area contributed by atoms with Gasteiger partial charge in [-0.2, -0.15) is 13.2 Å². The fourth-order valence-electron chi connectivity index (χ4n) is 3.06. The number of fused-ring (bicyclic) bond motifs is 1. The second-order valence-corrected chi connectivity index (χ2v) is 6.42. The molecule has 1 amide bonds. The minimum atomic E-state index is -4.63. The molecule has 0 unspecified atom stereocenters. The van der Waals surface area contributed by atoms with Crippen molar-refractivity contribution < 1.29 is 27.5 Å². The molecule has 0 saturated heterocycles. The lowest BCUT2D eigenvalue weighted by molar-refractivity contribution is -0.137. The number of amides is 1. The van der Waals surface area contributed by atoms with E-state index in [0.717, 1.165) is 12.1 Å². The van der Waals surface area contributed by atoms with Gasteiger partial charge in [0.25, 0.3) is 0 Å². The molecule has 0 spiro atoms. The zero-order valence-corrected chi connectivity index (χ0v) is 15.0. The van der Waals surface area contributed by atoms with E-state index in [1.807, 2.05) is 0 Å². The van der Waals surface area contributed by atoms with Gasteiger partial charge in [0, 0.05) is 0 Å². The number of benzene rings is 2. The summed E-state index contributed by atoms with van der Waals surface area (Å²) in [7, 11) is 0. The van der Waals surface area contributed by atoms with Crippen LogP contribution in [0.4, 0.5) is 18.9 Å². The van der Waals surface area contributed by atoms with Gasteiger partial charge in [-0.15, -0.1) is 0 Å². The van der Waals surface area contributed by atoms with Crippen LogP contribution in [0.25, 0.3) is 11.0 Å². The number of carbonyl (C=O) groups excluding carboxylic acids is 1. The van der Waals surface area contributed by atoms with Crippen LogP contribution in [0, 0.1) is 13.8 Å². The van der Waals surface area contributed by atoms with E-state index in [2.05, 4.69) is 5.32 Å². The summed E-state index contributed by atoms with van der Waals surface area (Å²) in [4.78, 5) is 24.6. The third-order valence-corrected chi connectivity index (χ3v) is 4.35. The Morgan fingerprint density at radius 3 is 2.54 bits per heavy atom. The second kappa shape index (κ2) is 7.03. The molecule has 1 heterocycles. The zero-order chi connectivity index (χ0) is 20.6. The third kappa shape index (κ3) is 3.71. The summed E-state index contributed by atoms with van der Waals surface area (Å²) in [6.07, 6.45) is -5.13. The van der Waals surface area contributed by atoms with Gasteiger partial charge < -0.3 is 14.8 Å². The maximum absolute atomic E-state index is 13.1. The number of hydrogen-bond donors (Lipinski definition) is 2. The summed E-state index contributed by atoms with van der Waals surface area (Å²) in [6.45, 7) is 3.26. The molecule has 146 valence electrons. The van der Waals surface area contributed by atoms with Crippen LogP contribution in [0.5, 0.6) is 5.75 Å². The number of halogens is 3. The molecule has 2 N–H and O–H groups in total. The zero-order valence-electron chi connectivity index (χ0n) is 15.0. The van der Waals surface area contributed by atoms with Crippen molar-refractivity contribution in [1.82, 2.24) is 0 Å². The van der Waals surface area contributed by atoms with Gasteiger partial charge in [0.2, 0.25) is 5.91 Å². The van der Waals surface area contributed by atoms with E-state index >= 15 is 0 Å². The van der Waals surface area contributed by atoms with E-state index in [0.29, 0.717) is 11.1 Å². The van der Waals surface area contributed by atoms with Crippen molar-refractivity contribution in [3.63, 3.8) is 0 Å². The standard InChI is InChI=1S/C20H16F3NO4/c1-10-7-15(25)18-11(2)12(19(27)28-16(18)8-10)9-17(26)24-14-6-4-3-5-13(14)20(21,22)23/h3-8,25H,9H2,1-2H3,(H,24,26). The monoisotopic (exact) mass is 391 g/mol. The number of aryl methyl sites for hydroxylation is 2. The molecular weight excluding hydrogens is 375 g/mol. The van der Waals surface area contributed by atoms with E-state index in [-0.39, 0.29) is 22.3 Å². The molecule has 0 bridgehead atoms. The first kappa shape index (κ1) is 19.5. The number of hydrogen-bond acceptors (Lipinski definition) is 4. The number of anilines is 1. The Hall–Kier alpha value is -3.29. The van der Waals surface area contributed by atoms with E-state index in [1.54, 1.807) is 19.9 Å². The Labute approximate surface area is 157 Å². The highest BCUT2D eigenvalue weighted by atomic mass is 19.4. The SMILES string of the molecule is Cc1cc(O)c2c(C)c(CC(=O)Nc3ccccc3C(F)(F)F)c(=O)oc2c1. The number of carbonyl (C=O) groups is 1. The van der Waals surface area contributed by atoms with E-state index in [4.69, 9.17) is 4.42 Å². The van der Waals surface area contributed by atoms with Crippen molar-refractivity contribution in [2.75, 3.05) is 5.32 Å². The molecule has 3 aromatic rings. The van der Waals surface area contributed by atoms with Crippen LogP contribution >= 0.6 is 0 Å². The molecule has 8 heteroatoms. The molecule has 0 aliphatic carbocycles. The summed E-state index contributed by atoms with van der Waals surface area (Å²) in [5.41, 5.74) is -1.01. The second-order valence-electron chi connectivity index (χ2n) is 6.42. The molecule has 5 nitrogen and oxygen atoms in total. The summed E-state index contributed by atoms with van der Waals surface area (Å²) >= 11 is 0. The molecule has 1 aromatic heterocycles. The van der Waals surface area contributed by atoms with Crippen molar-refractivity contribution in [3.8, 4) is 5.75 Å². The molecule has 0 saturated carbocycles. The molecule has 0 radical (unpaired) electrons. The van der Waals surface area contributed by atoms with Crippen LogP contribution in [-0.4, -0.2) is 11.0 Å². The Morgan fingerprint density at radius 1 is 1.18 bits per heavy atom. The van der Waals surface area contributed by atoms with Crippen LogP contribution in [0.1, 0.15) is 22.3 Å². The Bertz CT molecular complexity index is 1130. The van der Waals surface area contributed by atoms with Gasteiger partial charge in [0.05, 0.1) is 28.6 Å². The van der Waals surface area contributed by atoms with Crippen molar-refractivity contribution in [2.45, 2.75) is 26.4 Å². The minimum Gasteiger partial charge on any atom is -0.507 e. The minimum absolute atomic E-state index is 0.0337. The van der Waals surface area contributed by atoms with Crippen LogP contribution < -0.4 is 10.9 Å². The van der Waals surface area contributed by atoms with E-state index in [9.17, 15) is 27.9 Å². The van der Waals surface area contributed by atoms with Crippen molar-refractivity contribution in [1.29, 1.82) is 0 Å². The van der Waals surface area contributed by atoms with Crippen molar-refractivity contribution in [3.05, 3.63) is 69.1 Å². The van der Waals surface area contributed by atoms with Gasteiger partial charge in [-0.25, -0.2) is 4.79 Å². The lowest BCUT2D eigenvalue weighted by Crippen LogP contribution is -2.22. The van der Waals surface area contributed by atoms with Gasteiger partial charge in [-0.1, -0.05) is 12.1 Å². The molecule has 0 aliphatic heterocycles. The lowest BCUT2D eigenvalue weighted by Gasteiger charge is -2.14. The smallest absolute Gasteiger partial charge is 0.418 e. The first-order chi connectivity index (χ1) is 13.1. The predicted octanol–water partition coefficient (Wildman–Crippen LogP) is 4.32. The van der Waals surface area contributed by atoms with Gasteiger partial charge in [-0.3, -0.25) is 4.79 Å². The summed E-state index contributed by atoms with van der Waals surface area (Å²) < 4.78 is 44.4. The first-order valence-corrected chi connectivity index (χ1v) is 8.30. The summed E-state index contributed by atoms with van der Waals surface area (Å²) in [6, 6.07) is 7.62. The maximum Gasteiger partial charge on any atom is 0.418 e. The Kier molecular flexibility index (Phi) is 4.89. The van der Waals surface area contributed by atoms with Crippen LogP contribution in [0.2, 0.25) is 0 Å². The normalized spacial score (nSPS) is 11.6. The van der Waals surface area contributed by atoms with Gasteiger partial charge in [-0.05, 0) is 49.2 Å². The summed E-state index contributed by atoms with van der Waals surface area (Å²) in [5, 5.41) is 12.6. The van der Waals surface area contributed by atoms with Crippen molar-refractivity contribution in [2.24, 2.45) is 0 Å². The molecule has 28 heavy (non-hydrogen) atoms.